The van der Waals surface area contributed by atoms with E-state index in [9.17, 15) is 13.2 Å². The maximum Gasteiger partial charge on any atom is 0.265 e. The van der Waals surface area contributed by atoms with E-state index in [1.807, 2.05) is 32.0 Å². The first kappa shape index (κ1) is 21.2. The van der Waals surface area contributed by atoms with Gasteiger partial charge in [-0.3, -0.25) is 4.79 Å². The molecule has 1 aromatic heterocycles. The Kier molecular flexibility index (Phi) is 5.90. The summed E-state index contributed by atoms with van der Waals surface area (Å²) in [5.74, 6) is -0.370. The zero-order valence-corrected chi connectivity index (χ0v) is 18.1. The van der Waals surface area contributed by atoms with Crippen molar-refractivity contribution in [3.05, 3.63) is 47.5 Å². The molecule has 4 rings (SSSR count). The summed E-state index contributed by atoms with van der Waals surface area (Å²) in [7, 11) is -3.68. The van der Waals surface area contributed by atoms with Crippen LogP contribution in [0.4, 0.5) is 5.69 Å². The molecule has 3 aromatic rings. The Balaban J connectivity index is 1.49. The first-order valence-electron chi connectivity index (χ1n) is 9.78. The lowest BCUT2D eigenvalue weighted by Gasteiger charge is -2.26. The lowest BCUT2D eigenvalue weighted by atomic mass is 10.1. The van der Waals surface area contributed by atoms with Gasteiger partial charge in [0, 0.05) is 18.8 Å². The third-order valence-corrected chi connectivity index (χ3v) is 6.71. The molecule has 1 saturated heterocycles. The van der Waals surface area contributed by atoms with Gasteiger partial charge in [0.25, 0.3) is 5.91 Å². The van der Waals surface area contributed by atoms with Crippen LogP contribution in [-0.4, -0.2) is 66.7 Å². The maximum atomic E-state index is 12.9. The quantitative estimate of drug-likeness (QED) is 0.605. The molecule has 1 aliphatic rings. The van der Waals surface area contributed by atoms with Gasteiger partial charge < -0.3 is 14.9 Å². The molecule has 2 heterocycles. The molecule has 11 heteroatoms. The number of aromatic nitrogens is 3. The van der Waals surface area contributed by atoms with Gasteiger partial charge >= 0.3 is 0 Å². The number of carbonyl (C=O) groups excluding carboxylic acids is 1. The summed E-state index contributed by atoms with van der Waals surface area (Å²) in [5, 5.41) is 10.6. The molecule has 1 aliphatic heterocycles. The highest BCUT2D eigenvalue weighted by Crippen LogP contribution is 2.21. The zero-order chi connectivity index (χ0) is 22.0. The minimum Gasteiger partial charge on any atom is -0.385 e. The van der Waals surface area contributed by atoms with Gasteiger partial charge in [-0.25, -0.2) is 8.42 Å². The Morgan fingerprint density at radius 2 is 1.84 bits per heavy atom. The highest BCUT2D eigenvalue weighted by molar-refractivity contribution is 7.89. The van der Waals surface area contributed by atoms with Gasteiger partial charge in [-0.1, -0.05) is 10.9 Å². The van der Waals surface area contributed by atoms with E-state index in [1.54, 1.807) is 6.07 Å². The van der Waals surface area contributed by atoms with Gasteiger partial charge in [0.15, 0.2) is 6.61 Å². The summed E-state index contributed by atoms with van der Waals surface area (Å²) < 4.78 is 32.4. The van der Waals surface area contributed by atoms with Crippen molar-refractivity contribution < 1.29 is 22.8 Å². The topological polar surface area (TPSA) is 116 Å². The Morgan fingerprint density at radius 3 is 2.55 bits per heavy atom. The SMILES string of the molecule is Cc1cc(C)cc(NC(=O)COn2nnc3ccc(S(=O)(=O)N4CCOCC4)cc32)c1. The van der Waals surface area contributed by atoms with Crippen LogP contribution in [0.5, 0.6) is 0 Å². The largest absolute Gasteiger partial charge is 0.385 e. The molecule has 1 amide bonds. The summed E-state index contributed by atoms with van der Waals surface area (Å²) in [6.45, 7) is 4.90. The van der Waals surface area contributed by atoms with Gasteiger partial charge in [-0.15, -0.1) is 5.10 Å². The van der Waals surface area contributed by atoms with E-state index in [0.717, 1.165) is 16.0 Å². The summed E-state index contributed by atoms with van der Waals surface area (Å²) >= 11 is 0. The van der Waals surface area contributed by atoms with E-state index < -0.39 is 10.0 Å². The van der Waals surface area contributed by atoms with E-state index in [4.69, 9.17) is 9.57 Å². The summed E-state index contributed by atoms with van der Waals surface area (Å²) in [5.41, 5.74) is 3.55. The second-order valence-corrected chi connectivity index (χ2v) is 9.27. The number of nitrogens with one attached hydrogen (secondary N) is 1. The Morgan fingerprint density at radius 1 is 1.13 bits per heavy atom. The normalized spacial score (nSPS) is 15.2. The van der Waals surface area contributed by atoms with Crippen LogP contribution in [0.2, 0.25) is 0 Å². The molecule has 0 aliphatic carbocycles. The van der Waals surface area contributed by atoms with Crippen LogP contribution in [0.3, 0.4) is 0 Å². The number of morpholine rings is 1. The number of aryl methyl sites for hydroxylation is 2. The molecule has 10 nitrogen and oxygen atoms in total. The van der Waals surface area contributed by atoms with Crippen molar-refractivity contribution in [3.8, 4) is 0 Å². The lowest BCUT2D eigenvalue weighted by Crippen LogP contribution is -2.40. The predicted octanol–water partition coefficient (Wildman–Crippen LogP) is 1.14. The third kappa shape index (κ3) is 4.68. The van der Waals surface area contributed by atoms with Crippen LogP contribution in [0.15, 0.2) is 41.3 Å². The molecule has 0 unspecified atom stereocenters. The van der Waals surface area contributed by atoms with Crippen molar-refractivity contribution >= 4 is 32.7 Å². The van der Waals surface area contributed by atoms with Crippen molar-refractivity contribution in [2.24, 2.45) is 0 Å². The number of hydrogen-bond donors (Lipinski definition) is 1. The van der Waals surface area contributed by atoms with E-state index in [1.165, 1.54) is 16.4 Å². The molecule has 0 atom stereocenters. The Labute approximate surface area is 179 Å². The van der Waals surface area contributed by atoms with Gasteiger partial charge in [0.05, 0.1) is 18.1 Å². The third-order valence-electron chi connectivity index (χ3n) is 4.82. The number of carbonyl (C=O) groups is 1. The average Bonchev–Trinajstić information content (AvgIpc) is 3.14. The minimum absolute atomic E-state index is 0.105. The predicted molar refractivity (Wildman–Crippen MR) is 113 cm³/mol. The molecule has 2 aromatic carbocycles. The van der Waals surface area contributed by atoms with Crippen molar-refractivity contribution in [2.45, 2.75) is 18.7 Å². The number of amides is 1. The number of anilines is 1. The van der Waals surface area contributed by atoms with E-state index >= 15 is 0 Å². The number of sulfonamides is 1. The Bertz CT molecular complexity index is 1200. The minimum atomic E-state index is -3.68. The van der Waals surface area contributed by atoms with Crippen molar-refractivity contribution in [1.29, 1.82) is 0 Å². The number of rotatable bonds is 6. The molecule has 1 fully saturated rings. The first-order valence-corrected chi connectivity index (χ1v) is 11.2. The van der Waals surface area contributed by atoms with Crippen LogP contribution in [0.1, 0.15) is 11.1 Å². The average molecular weight is 446 g/mol. The number of nitrogens with zero attached hydrogens (tertiary/aromatic N) is 4. The van der Waals surface area contributed by atoms with E-state index in [0.29, 0.717) is 43.0 Å². The summed E-state index contributed by atoms with van der Waals surface area (Å²) in [6.07, 6.45) is 0. The molecule has 0 bridgehead atoms. The van der Waals surface area contributed by atoms with Crippen LogP contribution < -0.4 is 10.2 Å². The molecule has 31 heavy (non-hydrogen) atoms. The number of ether oxygens (including phenoxy) is 1. The smallest absolute Gasteiger partial charge is 0.265 e. The number of benzene rings is 2. The fourth-order valence-corrected chi connectivity index (χ4v) is 4.86. The van der Waals surface area contributed by atoms with Crippen LogP contribution in [0, 0.1) is 13.8 Å². The van der Waals surface area contributed by atoms with Crippen molar-refractivity contribution in [1.82, 2.24) is 19.5 Å². The van der Waals surface area contributed by atoms with Crippen molar-refractivity contribution in [3.63, 3.8) is 0 Å². The molecule has 0 saturated carbocycles. The standard InChI is InChI=1S/C20H23N5O5S/c1-14-9-15(2)11-16(10-14)21-20(26)13-30-25-19-12-17(3-4-18(19)22-23-25)31(27,28)24-5-7-29-8-6-24/h3-4,9-12H,5-8,13H2,1-2H3,(H,21,26). The maximum absolute atomic E-state index is 12.9. The fraction of sp³-hybridized carbons (Fsp3) is 0.350. The van der Waals surface area contributed by atoms with Gasteiger partial charge in [-0.05, 0) is 60.5 Å². The molecule has 0 spiro atoms. The molecule has 164 valence electrons. The number of hydrogen-bond acceptors (Lipinski definition) is 7. The van der Waals surface area contributed by atoms with Gasteiger partial charge in [0.1, 0.15) is 11.0 Å². The number of fused-ring (bicyclic) bond motifs is 1. The van der Waals surface area contributed by atoms with Crippen LogP contribution in [0.25, 0.3) is 11.0 Å². The van der Waals surface area contributed by atoms with Crippen LogP contribution in [-0.2, 0) is 19.6 Å². The second-order valence-electron chi connectivity index (χ2n) is 7.33. The van der Waals surface area contributed by atoms with Gasteiger partial charge in [-0.2, -0.15) is 4.31 Å². The monoisotopic (exact) mass is 445 g/mol. The van der Waals surface area contributed by atoms with E-state index in [-0.39, 0.29) is 17.4 Å². The highest BCUT2D eigenvalue weighted by Gasteiger charge is 2.27. The fourth-order valence-electron chi connectivity index (χ4n) is 3.43. The Hall–Kier alpha value is -3.02. The van der Waals surface area contributed by atoms with Crippen LogP contribution >= 0.6 is 0 Å². The highest BCUT2D eigenvalue weighted by atomic mass is 32.2. The lowest BCUT2D eigenvalue weighted by molar-refractivity contribution is -0.121. The second kappa shape index (κ2) is 8.61. The van der Waals surface area contributed by atoms with Crippen molar-refractivity contribution in [2.75, 3.05) is 38.2 Å². The summed E-state index contributed by atoms with van der Waals surface area (Å²) in [4.78, 5) is 18.9. The summed E-state index contributed by atoms with van der Waals surface area (Å²) in [6, 6.07) is 10.2. The van der Waals surface area contributed by atoms with Gasteiger partial charge in [0.2, 0.25) is 10.0 Å². The molecule has 0 radical (unpaired) electrons. The van der Waals surface area contributed by atoms with E-state index in [2.05, 4.69) is 15.6 Å². The zero-order valence-electron chi connectivity index (χ0n) is 17.2. The molecular formula is C20H23N5O5S. The first-order chi connectivity index (χ1) is 14.8. The molecular weight excluding hydrogens is 422 g/mol. The molecule has 1 N–H and O–H groups in total.